The Balaban J connectivity index is 1.56. The Morgan fingerprint density at radius 2 is 1.96 bits per heavy atom. The fraction of sp³-hybridized carbons (Fsp3) is 0.375. The summed E-state index contributed by atoms with van der Waals surface area (Å²) in [5.41, 5.74) is 0.862. The van der Waals surface area contributed by atoms with E-state index in [1.165, 1.54) is 23.1 Å². The maximum Gasteiger partial charge on any atom is 0.247 e. The Bertz CT molecular complexity index is 801. The van der Waals surface area contributed by atoms with E-state index in [9.17, 15) is 0 Å². The van der Waals surface area contributed by atoms with Crippen molar-refractivity contribution < 1.29 is 9.15 Å². The summed E-state index contributed by atoms with van der Waals surface area (Å²) < 4.78 is 11.7. The molecule has 0 aliphatic heterocycles. The van der Waals surface area contributed by atoms with Gasteiger partial charge in [-0.15, -0.1) is 20.4 Å². The van der Waals surface area contributed by atoms with Crippen LogP contribution in [0.5, 0.6) is 5.75 Å². The molecule has 0 bridgehead atoms. The fourth-order valence-corrected chi connectivity index (χ4v) is 3.51. The van der Waals surface area contributed by atoms with Crippen molar-refractivity contribution in [2.75, 3.05) is 19.0 Å². The number of ether oxygens (including phenoxy) is 1. The first kappa shape index (κ1) is 17.7. The maximum atomic E-state index is 5.71. The van der Waals surface area contributed by atoms with Gasteiger partial charge in [0.05, 0.1) is 12.9 Å². The van der Waals surface area contributed by atoms with Crippen molar-refractivity contribution in [3.63, 3.8) is 0 Å². The van der Waals surface area contributed by atoms with Gasteiger partial charge in [-0.25, -0.2) is 0 Å². The Hall–Kier alpha value is -2.13. The van der Waals surface area contributed by atoms with Crippen molar-refractivity contribution in [1.82, 2.24) is 20.4 Å². The predicted octanol–water partition coefficient (Wildman–Crippen LogP) is 3.96. The molecule has 0 amide bonds. The van der Waals surface area contributed by atoms with Crippen LogP contribution in [0.4, 0.5) is 5.13 Å². The fourth-order valence-electron chi connectivity index (χ4n) is 1.92. The number of aromatic nitrogens is 4. The van der Waals surface area contributed by atoms with Crippen LogP contribution in [0.25, 0.3) is 11.5 Å². The number of benzene rings is 1. The van der Waals surface area contributed by atoms with E-state index in [4.69, 9.17) is 9.15 Å². The predicted molar refractivity (Wildman–Crippen MR) is 99.1 cm³/mol. The molecule has 0 aliphatic rings. The highest BCUT2D eigenvalue weighted by molar-refractivity contribution is 8.00. The molecule has 0 spiro atoms. The lowest BCUT2D eigenvalue weighted by atomic mass is 10.2. The minimum Gasteiger partial charge on any atom is -0.497 e. The molecule has 9 heteroatoms. The highest BCUT2D eigenvalue weighted by Gasteiger charge is 2.11. The molecular formula is C16H19N5O2S2. The zero-order valence-corrected chi connectivity index (χ0v) is 15.9. The van der Waals surface area contributed by atoms with Crippen LogP contribution in [-0.4, -0.2) is 34.0 Å². The lowest BCUT2D eigenvalue weighted by molar-refractivity contribution is 0.415. The normalized spacial score (nSPS) is 11.0. The monoisotopic (exact) mass is 377 g/mol. The van der Waals surface area contributed by atoms with Crippen molar-refractivity contribution in [3.05, 3.63) is 30.2 Å². The highest BCUT2D eigenvalue weighted by atomic mass is 32.2. The van der Waals surface area contributed by atoms with Gasteiger partial charge in [-0.2, -0.15) is 0 Å². The SMILES string of the molecule is COc1ccc(-c2nnc(CSc3nnc(NCC(C)C)s3)o2)cc1. The summed E-state index contributed by atoms with van der Waals surface area (Å²) >= 11 is 3.06. The van der Waals surface area contributed by atoms with Gasteiger partial charge in [-0.05, 0) is 30.2 Å². The van der Waals surface area contributed by atoms with Gasteiger partial charge in [0.2, 0.25) is 16.9 Å². The van der Waals surface area contributed by atoms with E-state index in [0.717, 1.165) is 27.3 Å². The standard InChI is InChI=1S/C16H19N5O2S2/c1-10(2)8-17-15-20-21-16(25-15)24-9-13-18-19-14(23-13)11-4-6-12(22-3)7-5-11/h4-7,10H,8-9H2,1-3H3,(H,17,20). The third-order valence-electron chi connectivity index (χ3n) is 3.19. The third-order valence-corrected chi connectivity index (χ3v) is 5.19. The summed E-state index contributed by atoms with van der Waals surface area (Å²) in [6.45, 7) is 5.19. The molecule has 3 rings (SSSR count). The highest BCUT2D eigenvalue weighted by Crippen LogP contribution is 2.29. The molecule has 2 aromatic heterocycles. The summed E-state index contributed by atoms with van der Waals surface area (Å²) in [6.07, 6.45) is 0. The first-order chi connectivity index (χ1) is 12.1. The first-order valence-electron chi connectivity index (χ1n) is 7.81. The van der Waals surface area contributed by atoms with Crippen LogP contribution in [0.3, 0.4) is 0 Å². The number of methoxy groups -OCH3 is 1. The van der Waals surface area contributed by atoms with Gasteiger partial charge in [0.25, 0.3) is 0 Å². The average molecular weight is 377 g/mol. The van der Waals surface area contributed by atoms with E-state index in [1.54, 1.807) is 7.11 Å². The van der Waals surface area contributed by atoms with Crippen LogP contribution < -0.4 is 10.1 Å². The van der Waals surface area contributed by atoms with Crippen molar-refractivity contribution in [1.29, 1.82) is 0 Å². The molecule has 3 aromatic rings. The summed E-state index contributed by atoms with van der Waals surface area (Å²) in [6, 6.07) is 7.50. The Labute approximate surface area is 154 Å². The van der Waals surface area contributed by atoms with Gasteiger partial charge in [-0.1, -0.05) is 36.9 Å². The maximum absolute atomic E-state index is 5.71. The number of nitrogens with one attached hydrogen (secondary N) is 1. The third kappa shape index (κ3) is 4.93. The van der Waals surface area contributed by atoms with Crippen molar-refractivity contribution in [2.24, 2.45) is 5.92 Å². The van der Waals surface area contributed by atoms with Gasteiger partial charge in [0, 0.05) is 12.1 Å². The van der Waals surface area contributed by atoms with Crippen LogP contribution in [0.15, 0.2) is 33.0 Å². The van der Waals surface area contributed by atoms with Gasteiger partial charge in [0.1, 0.15) is 5.75 Å². The number of anilines is 1. The van der Waals surface area contributed by atoms with Gasteiger partial charge < -0.3 is 14.5 Å². The molecule has 7 nitrogen and oxygen atoms in total. The molecule has 0 atom stereocenters. The molecule has 2 heterocycles. The molecule has 1 aromatic carbocycles. The Morgan fingerprint density at radius 3 is 2.68 bits per heavy atom. The summed E-state index contributed by atoms with van der Waals surface area (Å²) in [4.78, 5) is 0. The lowest BCUT2D eigenvalue weighted by Gasteiger charge is -2.03. The zero-order valence-electron chi connectivity index (χ0n) is 14.2. The van der Waals surface area contributed by atoms with Crippen LogP contribution in [-0.2, 0) is 5.75 Å². The molecule has 0 saturated heterocycles. The number of thioether (sulfide) groups is 1. The Morgan fingerprint density at radius 1 is 1.16 bits per heavy atom. The van der Waals surface area contributed by atoms with Gasteiger partial charge >= 0.3 is 0 Å². The average Bonchev–Trinajstić information content (AvgIpc) is 3.27. The number of rotatable bonds is 8. The van der Waals surface area contributed by atoms with Gasteiger partial charge in [-0.3, -0.25) is 0 Å². The summed E-state index contributed by atoms with van der Waals surface area (Å²) in [5, 5.41) is 20.6. The number of hydrogen-bond donors (Lipinski definition) is 1. The van der Waals surface area contributed by atoms with Crippen LogP contribution in [0.1, 0.15) is 19.7 Å². The Kier molecular flexibility index (Phi) is 5.87. The van der Waals surface area contributed by atoms with Crippen molar-refractivity contribution in [2.45, 2.75) is 23.9 Å². The topological polar surface area (TPSA) is 86.0 Å². The number of nitrogens with zero attached hydrogens (tertiary/aromatic N) is 4. The van der Waals surface area contributed by atoms with E-state index in [0.29, 0.717) is 23.5 Å². The molecular weight excluding hydrogens is 358 g/mol. The smallest absolute Gasteiger partial charge is 0.247 e. The molecule has 0 radical (unpaired) electrons. The quantitative estimate of drug-likeness (QED) is 0.591. The molecule has 0 aliphatic carbocycles. The van der Waals surface area contributed by atoms with E-state index in [1.807, 2.05) is 24.3 Å². The summed E-state index contributed by atoms with van der Waals surface area (Å²) in [7, 11) is 1.63. The van der Waals surface area contributed by atoms with Crippen molar-refractivity contribution in [3.8, 4) is 17.2 Å². The number of hydrogen-bond acceptors (Lipinski definition) is 9. The second-order valence-corrected chi connectivity index (χ2v) is 7.87. The minimum atomic E-state index is 0.495. The second kappa shape index (κ2) is 8.30. The second-order valence-electron chi connectivity index (χ2n) is 5.67. The van der Waals surface area contributed by atoms with E-state index in [2.05, 4.69) is 39.6 Å². The molecule has 0 fully saturated rings. The van der Waals surface area contributed by atoms with E-state index < -0.39 is 0 Å². The minimum absolute atomic E-state index is 0.495. The molecule has 1 N–H and O–H groups in total. The van der Waals surface area contributed by atoms with E-state index in [-0.39, 0.29) is 0 Å². The van der Waals surface area contributed by atoms with Gasteiger partial charge in [0.15, 0.2) is 4.34 Å². The molecule has 0 unspecified atom stereocenters. The van der Waals surface area contributed by atoms with Crippen LogP contribution >= 0.6 is 23.1 Å². The molecule has 25 heavy (non-hydrogen) atoms. The summed E-state index contributed by atoms with van der Waals surface area (Å²) in [5.74, 6) is 2.96. The van der Waals surface area contributed by atoms with E-state index >= 15 is 0 Å². The van der Waals surface area contributed by atoms with Crippen molar-refractivity contribution >= 4 is 28.2 Å². The largest absolute Gasteiger partial charge is 0.497 e. The lowest BCUT2D eigenvalue weighted by Crippen LogP contribution is -2.07. The molecule has 132 valence electrons. The van der Waals surface area contributed by atoms with Crippen LogP contribution in [0.2, 0.25) is 0 Å². The first-order valence-corrected chi connectivity index (χ1v) is 9.61. The van der Waals surface area contributed by atoms with Crippen LogP contribution in [0, 0.1) is 5.92 Å². The molecule has 0 saturated carbocycles. The zero-order chi connectivity index (χ0) is 17.6.